The van der Waals surface area contributed by atoms with Crippen molar-refractivity contribution in [1.82, 2.24) is 24.3 Å². The molecule has 2 atom stereocenters. The second-order valence-electron chi connectivity index (χ2n) is 9.34. The molecule has 1 aliphatic rings. The van der Waals surface area contributed by atoms with E-state index in [4.69, 9.17) is 0 Å². The Hall–Kier alpha value is -4.06. The molecule has 5 rings (SSSR count). The number of pyridine rings is 1. The van der Waals surface area contributed by atoms with Gasteiger partial charge in [-0.25, -0.2) is 15.0 Å². The number of imidazole rings is 1. The number of aryl methyl sites for hydroxylation is 1. The average Bonchev–Trinajstić information content (AvgIpc) is 3.34. The van der Waals surface area contributed by atoms with Gasteiger partial charge in [0.1, 0.15) is 23.5 Å². The molecule has 1 unspecified atom stereocenters. The number of anilines is 1. The van der Waals surface area contributed by atoms with E-state index < -0.39 is 6.10 Å². The fraction of sp³-hybridized carbons (Fsp3) is 0.286. The van der Waals surface area contributed by atoms with E-state index in [-0.39, 0.29) is 6.04 Å². The minimum absolute atomic E-state index is 0.0820. The summed E-state index contributed by atoms with van der Waals surface area (Å²) in [4.78, 5) is 15.8. The number of fused-ring (bicyclic) bond motifs is 1. The van der Waals surface area contributed by atoms with Crippen LogP contribution in [-0.4, -0.2) is 49.5 Å². The lowest BCUT2D eigenvalue weighted by atomic mass is 9.96. The number of nitrogens with zero attached hydrogens (tertiary/aromatic N) is 6. The van der Waals surface area contributed by atoms with Crippen LogP contribution in [0.1, 0.15) is 47.7 Å². The summed E-state index contributed by atoms with van der Waals surface area (Å²) in [5, 5.41) is 23.8. The molecule has 0 bridgehead atoms. The lowest BCUT2D eigenvalue weighted by molar-refractivity contribution is 0.195. The zero-order chi connectivity index (χ0) is 25.2. The molecule has 0 saturated carbocycles. The quantitative estimate of drug-likeness (QED) is 0.394. The highest BCUT2D eigenvalue weighted by Crippen LogP contribution is 2.28. The molecule has 0 fully saturated rings. The van der Waals surface area contributed by atoms with Gasteiger partial charge in [0.15, 0.2) is 0 Å². The number of hydrogen-bond acceptors (Lipinski definition) is 7. The Morgan fingerprint density at radius 3 is 2.64 bits per heavy atom. The zero-order valence-electron chi connectivity index (χ0n) is 20.7. The summed E-state index contributed by atoms with van der Waals surface area (Å²) in [5.74, 6) is 0.429. The fourth-order valence-electron chi connectivity index (χ4n) is 4.64. The Morgan fingerprint density at radius 1 is 1.11 bits per heavy atom. The maximum atomic E-state index is 10.8. The molecule has 1 aliphatic heterocycles. The first-order valence-corrected chi connectivity index (χ1v) is 12.1. The topological polar surface area (TPSA) is 102 Å². The van der Waals surface area contributed by atoms with E-state index in [9.17, 15) is 10.4 Å². The molecule has 0 amide bonds. The van der Waals surface area contributed by atoms with Crippen LogP contribution in [0, 0.1) is 18.3 Å². The van der Waals surface area contributed by atoms with Crippen LogP contribution >= 0.6 is 0 Å². The summed E-state index contributed by atoms with van der Waals surface area (Å²) in [6, 6.07) is 14.0. The van der Waals surface area contributed by atoms with Crippen molar-refractivity contribution < 1.29 is 5.11 Å². The van der Waals surface area contributed by atoms with Crippen molar-refractivity contribution in [3.63, 3.8) is 0 Å². The maximum absolute atomic E-state index is 10.8. The standard InChI is InChI=1S/C28H29N7O/c1-18-6-4-13-35-24(16-30-27(18)35)25-23(14-29)15-31-28(33-25)32-19(2)20-8-10-21(11-9-20)26(36)22-7-5-12-34(3)17-22/h4,6-11,13,15-16,19,26,36H,5,12,17H2,1-3H3,(H,31,32,33)/t19-,26?/m0/s1. The van der Waals surface area contributed by atoms with Crippen molar-refractivity contribution in [2.45, 2.75) is 32.4 Å². The zero-order valence-corrected chi connectivity index (χ0v) is 20.7. The van der Waals surface area contributed by atoms with Gasteiger partial charge in [0.05, 0.1) is 29.7 Å². The number of likely N-dealkylation sites (N-methyl/N-ethyl adjacent to an activating group) is 1. The summed E-state index contributed by atoms with van der Waals surface area (Å²) >= 11 is 0. The molecular formula is C28H29N7O. The van der Waals surface area contributed by atoms with Gasteiger partial charge in [-0.2, -0.15) is 5.26 Å². The molecule has 0 saturated heterocycles. The molecule has 36 heavy (non-hydrogen) atoms. The van der Waals surface area contributed by atoms with Gasteiger partial charge < -0.3 is 15.3 Å². The number of aliphatic hydroxyl groups is 1. The van der Waals surface area contributed by atoms with Crippen LogP contribution in [-0.2, 0) is 0 Å². The highest BCUT2D eigenvalue weighted by Gasteiger charge is 2.19. The number of nitrogens with one attached hydrogen (secondary N) is 1. The smallest absolute Gasteiger partial charge is 0.223 e. The largest absolute Gasteiger partial charge is 0.384 e. The van der Waals surface area contributed by atoms with E-state index in [0.717, 1.165) is 53.1 Å². The predicted octanol–water partition coefficient (Wildman–Crippen LogP) is 4.44. The van der Waals surface area contributed by atoms with Crippen LogP contribution in [0.25, 0.3) is 17.0 Å². The number of hydrogen-bond donors (Lipinski definition) is 2. The van der Waals surface area contributed by atoms with Crippen LogP contribution in [0.4, 0.5) is 5.95 Å². The predicted molar refractivity (Wildman–Crippen MR) is 139 cm³/mol. The van der Waals surface area contributed by atoms with Crippen LogP contribution in [0.15, 0.2) is 66.6 Å². The SMILES string of the molecule is Cc1cccn2c(-c3nc(N[C@@H](C)c4ccc(C(O)C5=CCCN(C)C5)cc4)ncc3C#N)cnc12. The van der Waals surface area contributed by atoms with Gasteiger partial charge in [-0.1, -0.05) is 36.4 Å². The number of aliphatic hydroxyl groups excluding tert-OH is 1. The summed E-state index contributed by atoms with van der Waals surface area (Å²) in [7, 11) is 2.07. The number of benzene rings is 1. The van der Waals surface area contributed by atoms with E-state index in [1.54, 1.807) is 12.4 Å². The number of rotatable bonds is 6. The third-order valence-electron chi connectivity index (χ3n) is 6.70. The lowest BCUT2D eigenvalue weighted by Crippen LogP contribution is -2.27. The van der Waals surface area contributed by atoms with Crippen molar-refractivity contribution in [1.29, 1.82) is 5.26 Å². The Morgan fingerprint density at radius 2 is 1.89 bits per heavy atom. The van der Waals surface area contributed by atoms with Gasteiger partial charge in [-0.15, -0.1) is 0 Å². The van der Waals surface area contributed by atoms with Gasteiger partial charge in [0.2, 0.25) is 5.95 Å². The Balaban J connectivity index is 1.37. The van der Waals surface area contributed by atoms with Crippen molar-refractivity contribution in [3.8, 4) is 17.5 Å². The monoisotopic (exact) mass is 479 g/mol. The van der Waals surface area contributed by atoms with E-state index >= 15 is 0 Å². The Bertz CT molecular complexity index is 1470. The molecular weight excluding hydrogens is 450 g/mol. The van der Waals surface area contributed by atoms with E-state index in [2.05, 4.69) is 44.4 Å². The van der Waals surface area contributed by atoms with Gasteiger partial charge in [-0.05, 0) is 55.6 Å². The lowest BCUT2D eigenvalue weighted by Gasteiger charge is -2.26. The van der Waals surface area contributed by atoms with E-state index in [1.165, 1.54) is 0 Å². The summed E-state index contributed by atoms with van der Waals surface area (Å²) in [5.41, 5.74) is 6.50. The first-order valence-electron chi connectivity index (χ1n) is 12.1. The summed E-state index contributed by atoms with van der Waals surface area (Å²) < 4.78 is 1.94. The van der Waals surface area contributed by atoms with Crippen LogP contribution in [0.3, 0.4) is 0 Å². The Kier molecular flexibility index (Phi) is 6.51. The normalized spacial score (nSPS) is 15.8. The van der Waals surface area contributed by atoms with Crippen LogP contribution < -0.4 is 5.32 Å². The molecule has 8 heteroatoms. The van der Waals surface area contributed by atoms with Crippen molar-refractivity contribution in [2.24, 2.45) is 0 Å². The third kappa shape index (κ3) is 4.59. The molecule has 8 nitrogen and oxygen atoms in total. The molecule has 4 aromatic rings. The van der Waals surface area contributed by atoms with Crippen LogP contribution in [0.2, 0.25) is 0 Å². The second-order valence-corrected chi connectivity index (χ2v) is 9.34. The first-order chi connectivity index (χ1) is 17.4. The highest BCUT2D eigenvalue weighted by atomic mass is 16.3. The molecule has 1 aromatic carbocycles. The van der Waals surface area contributed by atoms with Gasteiger partial charge in [0.25, 0.3) is 0 Å². The Labute approximate surface area is 210 Å². The minimum atomic E-state index is -0.594. The highest BCUT2D eigenvalue weighted by molar-refractivity contribution is 5.68. The third-order valence-corrected chi connectivity index (χ3v) is 6.70. The van der Waals surface area contributed by atoms with E-state index in [0.29, 0.717) is 17.2 Å². The van der Waals surface area contributed by atoms with E-state index in [1.807, 2.05) is 60.8 Å². The van der Waals surface area contributed by atoms with Crippen molar-refractivity contribution in [3.05, 3.63) is 88.9 Å². The number of aromatic nitrogens is 4. The average molecular weight is 480 g/mol. The van der Waals surface area contributed by atoms with Gasteiger partial charge >= 0.3 is 0 Å². The van der Waals surface area contributed by atoms with Crippen LogP contribution in [0.5, 0.6) is 0 Å². The number of nitriles is 1. The molecule has 2 N–H and O–H groups in total. The van der Waals surface area contributed by atoms with Crippen molar-refractivity contribution >= 4 is 11.6 Å². The molecule has 182 valence electrons. The molecule has 3 aromatic heterocycles. The first kappa shape index (κ1) is 23.7. The van der Waals surface area contributed by atoms with Gasteiger partial charge in [-0.3, -0.25) is 4.40 Å². The fourth-order valence-corrected chi connectivity index (χ4v) is 4.64. The molecule has 0 spiro atoms. The van der Waals surface area contributed by atoms with Crippen molar-refractivity contribution in [2.75, 3.05) is 25.5 Å². The molecule has 0 aliphatic carbocycles. The maximum Gasteiger partial charge on any atom is 0.223 e. The summed E-state index contributed by atoms with van der Waals surface area (Å²) in [6.07, 6.45) is 7.71. The molecule has 4 heterocycles. The molecule has 0 radical (unpaired) electrons. The minimum Gasteiger partial charge on any atom is -0.384 e. The van der Waals surface area contributed by atoms with Gasteiger partial charge in [0, 0.05) is 19.3 Å². The summed E-state index contributed by atoms with van der Waals surface area (Å²) in [6.45, 7) is 5.84. The second kappa shape index (κ2) is 9.90.